The summed E-state index contributed by atoms with van der Waals surface area (Å²) < 4.78 is 1.82. The number of hydrogen-bond acceptors (Lipinski definition) is 6. The Morgan fingerprint density at radius 2 is 2.03 bits per heavy atom. The molecule has 8 heteroatoms. The molecule has 2 heterocycles. The highest BCUT2D eigenvalue weighted by atomic mass is 16.3. The lowest BCUT2D eigenvalue weighted by atomic mass is 9.85. The van der Waals surface area contributed by atoms with Gasteiger partial charge in [0.1, 0.15) is 0 Å². The maximum atomic E-state index is 12.4. The Kier molecular flexibility index (Phi) is 6.23. The molecule has 30 heavy (non-hydrogen) atoms. The van der Waals surface area contributed by atoms with E-state index in [2.05, 4.69) is 25.7 Å². The first-order chi connectivity index (χ1) is 14.6. The minimum Gasteiger partial charge on any atom is -0.396 e. The van der Waals surface area contributed by atoms with Crippen molar-refractivity contribution in [1.29, 1.82) is 0 Å². The maximum absolute atomic E-state index is 12.4. The van der Waals surface area contributed by atoms with E-state index < -0.39 is 0 Å². The number of aliphatic hydroxyl groups excluding tert-OH is 1. The molecule has 0 saturated heterocycles. The zero-order valence-corrected chi connectivity index (χ0v) is 17.2. The third kappa shape index (κ3) is 4.59. The van der Waals surface area contributed by atoms with Gasteiger partial charge in [-0.3, -0.25) is 4.79 Å². The van der Waals surface area contributed by atoms with E-state index in [9.17, 15) is 4.79 Å². The number of amides is 1. The van der Waals surface area contributed by atoms with Crippen LogP contribution in [0.1, 0.15) is 39.0 Å². The molecule has 3 aromatic rings. The number of fused-ring (bicyclic) bond motifs is 1. The summed E-state index contributed by atoms with van der Waals surface area (Å²) in [6.45, 7) is 2.01. The smallest absolute Gasteiger partial charge is 0.224 e. The van der Waals surface area contributed by atoms with Gasteiger partial charge in [-0.15, -0.1) is 0 Å². The van der Waals surface area contributed by atoms with Gasteiger partial charge in [0.2, 0.25) is 11.9 Å². The first-order valence-corrected chi connectivity index (χ1v) is 10.6. The molecule has 1 aliphatic rings. The van der Waals surface area contributed by atoms with Crippen molar-refractivity contribution >= 4 is 22.8 Å². The number of para-hydroxylation sites is 1. The van der Waals surface area contributed by atoms with Gasteiger partial charge in [0.05, 0.1) is 11.7 Å². The molecule has 0 aliphatic heterocycles. The molecule has 8 nitrogen and oxygen atoms in total. The van der Waals surface area contributed by atoms with Crippen molar-refractivity contribution in [2.75, 3.05) is 11.9 Å². The lowest BCUT2D eigenvalue weighted by molar-refractivity contribution is -0.126. The number of anilines is 1. The van der Waals surface area contributed by atoms with Crippen molar-refractivity contribution in [3.8, 4) is 5.82 Å². The summed E-state index contributed by atoms with van der Waals surface area (Å²) in [4.78, 5) is 21.4. The van der Waals surface area contributed by atoms with Gasteiger partial charge in [-0.05, 0) is 45.1 Å². The lowest BCUT2D eigenvalue weighted by Gasteiger charge is -2.29. The van der Waals surface area contributed by atoms with Gasteiger partial charge < -0.3 is 15.7 Å². The highest BCUT2D eigenvalue weighted by Crippen LogP contribution is 2.26. The Balaban J connectivity index is 1.36. The van der Waals surface area contributed by atoms with Crippen LogP contribution in [0.3, 0.4) is 0 Å². The molecular weight excluding hydrogens is 380 g/mol. The van der Waals surface area contributed by atoms with Crippen molar-refractivity contribution in [3.05, 3.63) is 42.7 Å². The Hall–Kier alpha value is -3.00. The fraction of sp³-hybridized carbons (Fsp3) is 0.455. The van der Waals surface area contributed by atoms with Gasteiger partial charge >= 0.3 is 0 Å². The summed E-state index contributed by atoms with van der Waals surface area (Å²) in [6, 6.07) is 10.1. The van der Waals surface area contributed by atoms with Crippen LogP contribution in [0.4, 0.5) is 5.95 Å². The van der Waals surface area contributed by atoms with Crippen LogP contribution in [0, 0.1) is 5.92 Å². The van der Waals surface area contributed by atoms with Gasteiger partial charge in [-0.1, -0.05) is 18.2 Å². The van der Waals surface area contributed by atoms with Crippen molar-refractivity contribution < 1.29 is 9.90 Å². The van der Waals surface area contributed by atoms with E-state index in [4.69, 9.17) is 5.11 Å². The highest BCUT2D eigenvalue weighted by molar-refractivity contribution is 5.80. The topological polar surface area (TPSA) is 105 Å². The van der Waals surface area contributed by atoms with Crippen molar-refractivity contribution in [2.45, 2.75) is 51.1 Å². The monoisotopic (exact) mass is 408 g/mol. The van der Waals surface area contributed by atoms with Crippen LogP contribution in [0.5, 0.6) is 0 Å². The predicted molar refractivity (Wildman–Crippen MR) is 115 cm³/mol. The van der Waals surface area contributed by atoms with E-state index in [0.29, 0.717) is 12.4 Å². The summed E-state index contributed by atoms with van der Waals surface area (Å²) in [5.74, 6) is 1.43. The Morgan fingerprint density at radius 1 is 1.23 bits per heavy atom. The average Bonchev–Trinajstić information content (AvgIpc) is 3.19. The Morgan fingerprint density at radius 3 is 2.83 bits per heavy atom. The molecule has 3 N–H and O–H groups in total. The summed E-state index contributed by atoms with van der Waals surface area (Å²) in [6.07, 6.45) is 7.61. The van der Waals surface area contributed by atoms with Gasteiger partial charge in [-0.2, -0.15) is 10.1 Å². The fourth-order valence-electron chi connectivity index (χ4n) is 4.00. The number of nitrogens with one attached hydrogen (secondary N) is 2. The highest BCUT2D eigenvalue weighted by Gasteiger charge is 2.27. The van der Waals surface area contributed by atoms with E-state index in [1.165, 1.54) is 0 Å². The Labute approximate surface area is 175 Å². The molecule has 0 spiro atoms. The number of benzene rings is 1. The number of carbonyl (C=O) groups excluding carboxylic acids is 1. The van der Waals surface area contributed by atoms with E-state index in [1.54, 1.807) is 6.20 Å². The summed E-state index contributed by atoms with van der Waals surface area (Å²) in [7, 11) is 0. The molecule has 4 rings (SSSR count). The largest absolute Gasteiger partial charge is 0.396 e. The lowest BCUT2D eigenvalue weighted by Crippen LogP contribution is -2.40. The second-order valence-corrected chi connectivity index (χ2v) is 7.97. The average molecular weight is 409 g/mol. The van der Waals surface area contributed by atoms with Gasteiger partial charge in [0, 0.05) is 42.3 Å². The van der Waals surface area contributed by atoms with E-state index in [0.717, 1.165) is 42.4 Å². The molecule has 158 valence electrons. The Bertz CT molecular complexity index is 996. The zero-order valence-electron chi connectivity index (χ0n) is 17.2. The molecule has 1 fully saturated rings. The van der Waals surface area contributed by atoms with Gasteiger partial charge in [0.15, 0.2) is 5.82 Å². The zero-order chi connectivity index (χ0) is 20.9. The standard InChI is InChI=1S/C22H28N6O2/c1-15(11-13-29)25-21(30)16-6-8-18(9-7-16)26-22-23-12-10-20(27-22)28-19-5-3-2-4-17(19)14-24-28/h2-5,10,12,14-16,18,29H,6-9,11,13H2,1H3,(H,25,30)(H,23,26,27). The maximum Gasteiger partial charge on any atom is 0.224 e. The third-order valence-electron chi connectivity index (χ3n) is 5.72. The predicted octanol–water partition coefficient (Wildman–Crippen LogP) is 2.67. The molecule has 0 radical (unpaired) electrons. The molecule has 1 aliphatic carbocycles. The van der Waals surface area contributed by atoms with Crippen LogP contribution in [-0.4, -0.2) is 49.5 Å². The number of aliphatic hydroxyl groups is 1. The van der Waals surface area contributed by atoms with Gasteiger partial charge in [-0.25, -0.2) is 9.67 Å². The van der Waals surface area contributed by atoms with Crippen molar-refractivity contribution in [1.82, 2.24) is 25.1 Å². The number of hydrogen-bond donors (Lipinski definition) is 3. The summed E-state index contributed by atoms with van der Waals surface area (Å²) in [5.41, 5.74) is 1.00. The minimum atomic E-state index is 0.00728. The molecular formula is C22H28N6O2. The van der Waals surface area contributed by atoms with Crippen LogP contribution < -0.4 is 10.6 Å². The summed E-state index contributed by atoms with van der Waals surface area (Å²) in [5, 5.41) is 20.9. The van der Waals surface area contributed by atoms with Crippen LogP contribution in [0.25, 0.3) is 16.7 Å². The van der Waals surface area contributed by atoms with Crippen LogP contribution >= 0.6 is 0 Å². The molecule has 0 bridgehead atoms. The van der Waals surface area contributed by atoms with E-state index in [-0.39, 0.29) is 30.5 Å². The second-order valence-electron chi connectivity index (χ2n) is 7.97. The minimum absolute atomic E-state index is 0.00728. The number of aromatic nitrogens is 4. The van der Waals surface area contributed by atoms with Crippen molar-refractivity contribution in [3.63, 3.8) is 0 Å². The number of rotatable bonds is 7. The third-order valence-corrected chi connectivity index (χ3v) is 5.72. The quantitative estimate of drug-likeness (QED) is 0.555. The number of nitrogens with zero attached hydrogens (tertiary/aromatic N) is 4. The molecule has 1 unspecified atom stereocenters. The molecule has 1 atom stereocenters. The molecule has 1 saturated carbocycles. The molecule has 1 amide bonds. The van der Waals surface area contributed by atoms with Crippen LogP contribution in [0.15, 0.2) is 42.7 Å². The first-order valence-electron chi connectivity index (χ1n) is 10.6. The molecule has 1 aromatic carbocycles. The van der Waals surface area contributed by atoms with Crippen LogP contribution in [-0.2, 0) is 4.79 Å². The normalized spacial score (nSPS) is 20.1. The first kappa shape index (κ1) is 20.3. The number of carbonyl (C=O) groups is 1. The van der Waals surface area contributed by atoms with Gasteiger partial charge in [0.25, 0.3) is 0 Å². The fourth-order valence-corrected chi connectivity index (χ4v) is 4.00. The van der Waals surface area contributed by atoms with E-state index in [1.807, 2.05) is 48.1 Å². The van der Waals surface area contributed by atoms with E-state index >= 15 is 0 Å². The molecule has 2 aromatic heterocycles. The summed E-state index contributed by atoms with van der Waals surface area (Å²) >= 11 is 0. The second kappa shape index (κ2) is 9.21. The SMILES string of the molecule is CC(CCO)NC(=O)C1CCC(Nc2nccc(-n3ncc4ccccc43)n2)CC1. The van der Waals surface area contributed by atoms with Crippen molar-refractivity contribution in [2.24, 2.45) is 5.92 Å². The van der Waals surface area contributed by atoms with Crippen LogP contribution in [0.2, 0.25) is 0 Å².